The third kappa shape index (κ3) is 5.13. The number of carbonyl (C=O) groups is 2. The van der Waals surface area contributed by atoms with Gasteiger partial charge in [-0.1, -0.05) is 0 Å². The predicted molar refractivity (Wildman–Crippen MR) is 117 cm³/mol. The number of urea groups is 2. The number of halogens is 4. The monoisotopic (exact) mass is 493 g/mol. The standard InChI is InChI=1S/C22H19F4N5O4/c1-3-31-10-13-16(6-7-27-19(13)30-21(31)33)35-17-5-4-12(9-14(17)23)28-20(32)29-15-8-11(2)34-18(15)22(24,25)26/h4-9H,3,10H2,1-2H3,(H,27,30,33)(H2,28,29,32). The highest BCUT2D eigenvalue weighted by atomic mass is 19.4. The molecule has 3 heterocycles. The van der Waals surface area contributed by atoms with Gasteiger partial charge in [-0.15, -0.1) is 0 Å². The Balaban J connectivity index is 1.48. The number of ether oxygens (including phenoxy) is 1. The van der Waals surface area contributed by atoms with E-state index in [2.05, 4.69) is 20.0 Å². The Hall–Kier alpha value is -4.29. The third-order valence-electron chi connectivity index (χ3n) is 5.03. The van der Waals surface area contributed by atoms with E-state index in [-0.39, 0.29) is 35.5 Å². The number of fused-ring (bicyclic) bond motifs is 1. The van der Waals surface area contributed by atoms with Crippen LogP contribution in [-0.2, 0) is 12.7 Å². The van der Waals surface area contributed by atoms with Crippen LogP contribution >= 0.6 is 0 Å². The zero-order valence-electron chi connectivity index (χ0n) is 18.4. The third-order valence-corrected chi connectivity index (χ3v) is 5.03. The summed E-state index contributed by atoms with van der Waals surface area (Å²) in [6.45, 7) is 3.77. The van der Waals surface area contributed by atoms with Crippen molar-refractivity contribution in [3.8, 4) is 11.5 Å². The number of nitrogens with one attached hydrogen (secondary N) is 3. The molecular weight excluding hydrogens is 474 g/mol. The molecule has 0 radical (unpaired) electrons. The quantitative estimate of drug-likeness (QED) is 0.381. The molecule has 3 N–H and O–H groups in total. The average Bonchev–Trinajstić information content (AvgIpc) is 3.15. The van der Waals surface area contributed by atoms with Crippen molar-refractivity contribution in [1.82, 2.24) is 9.88 Å². The van der Waals surface area contributed by atoms with Gasteiger partial charge in [0.2, 0.25) is 5.76 Å². The van der Waals surface area contributed by atoms with Crippen molar-refractivity contribution in [2.45, 2.75) is 26.6 Å². The SMILES string of the molecule is CCN1Cc2c(Oc3ccc(NC(=O)Nc4cc(C)oc4C(F)(F)F)cc3F)ccnc2NC1=O. The molecule has 0 bridgehead atoms. The van der Waals surface area contributed by atoms with Gasteiger partial charge < -0.3 is 24.7 Å². The van der Waals surface area contributed by atoms with Crippen LogP contribution in [0.2, 0.25) is 0 Å². The number of aromatic nitrogens is 1. The second kappa shape index (κ2) is 9.16. The Morgan fingerprint density at radius 3 is 2.69 bits per heavy atom. The van der Waals surface area contributed by atoms with Crippen LogP contribution in [-0.4, -0.2) is 28.5 Å². The number of amides is 4. The maximum absolute atomic E-state index is 14.7. The number of rotatable bonds is 5. The van der Waals surface area contributed by atoms with Gasteiger partial charge in [0.1, 0.15) is 17.3 Å². The minimum atomic E-state index is -4.80. The van der Waals surface area contributed by atoms with E-state index in [1.807, 2.05) is 5.32 Å². The Labute approximate surface area is 196 Å². The van der Waals surface area contributed by atoms with E-state index in [9.17, 15) is 27.2 Å². The Kier molecular flexibility index (Phi) is 6.24. The van der Waals surface area contributed by atoms with Crippen molar-refractivity contribution >= 4 is 29.3 Å². The van der Waals surface area contributed by atoms with E-state index in [1.165, 1.54) is 36.2 Å². The minimum absolute atomic E-state index is 0.0256. The molecular formula is C22H19F4N5O4. The first-order chi connectivity index (χ1) is 16.5. The smallest absolute Gasteiger partial charge is 0.451 e. The summed E-state index contributed by atoms with van der Waals surface area (Å²) in [5.41, 5.74) is -0.0308. The summed E-state index contributed by atoms with van der Waals surface area (Å²) in [7, 11) is 0. The van der Waals surface area contributed by atoms with Crippen LogP contribution in [0.5, 0.6) is 11.5 Å². The highest BCUT2D eigenvalue weighted by Crippen LogP contribution is 2.37. The molecule has 0 unspecified atom stereocenters. The fraction of sp³-hybridized carbons (Fsp3) is 0.227. The van der Waals surface area contributed by atoms with Gasteiger partial charge in [0.05, 0.1) is 17.8 Å². The molecule has 0 fully saturated rings. The second-order valence-corrected chi connectivity index (χ2v) is 7.50. The molecule has 1 aliphatic heterocycles. The molecule has 4 amide bonds. The lowest BCUT2D eigenvalue weighted by atomic mass is 10.2. The molecule has 0 aliphatic carbocycles. The summed E-state index contributed by atoms with van der Waals surface area (Å²) < 4.78 is 64.1. The summed E-state index contributed by atoms with van der Waals surface area (Å²) in [4.78, 5) is 29.8. The lowest BCUT2D eigenvalue weighted by Gasteiger charge is -2.28. The topological polar surface area (TPSA) is 109 Å². The Morgan fingerprint density at radius 1 is 1.23 bits per heavy atom. The van der Waals surface area contributed by atoms with Gasteiger partial charge in [-0.25, -0.2) is 19.0 Å². The number of pyridine rings is 1. The van der Waals surface area contributed by atoms with Gasteiger partial charge in [-0.3, -0.25) is 5.32 Å². The van der Waals surface area contributed by atoms with Crippen molar-refractivity contribution in [2.24, 2.45) is 0 Å². The molecule has 0 atom stereocenters. The molecule has 13 heteroatoms. The molecule has 4 rings (SSSR count). The van der Waals surface area contributed by atoms with E-state index in [0.717, 1.165) is 12.1 Å². The van der Waals surface area contributed by atoms with Gasteiger partial charge in [0, 0.05) is 30.6 Å². The van der Waals surface area contributed by atoms with Crippen LogP contribution in [0, 0.1) is 12.7 Å². The number of nitrogens with zero attached hydrogens (tertiary/aromatic N) is 2. The van der Waals surface area contributed by atoms with Crippen molar-refractivity contribution in [1.29, 1.82) is 0 Å². The predicted octanol–water partition coefficient (Wildman–Crippen LogP) is 5.94. The zero-order chi connectivity index (χ0) is 25.3. The maximum atomic E-state index is 14.7. The second-order valence-electron chi connectivity index (χ2n) is 7.50. The lowest BCUT2D eigenvalue weighted by Crippen LogP contribution is -2.38. The fourth-order valence-electron chi connectivity index (χ4n) is 3.41. The van der Waals surface area contributed by atoms with Crippen molar-refractivity contribution in [2.75, 3.05) is 22.5 Å². The molecule has 0 saturated carbocycles. The first-order valence-electron chi connectivity index (χ1n) is 10.3. The molecule has 2 aromatic heterocycles. The van der Waals surface area contributed by atoms with E-state index in [1.54, 1.807) is 6.92 Å². The van der Waals surface area contributed by atoms with Crippen molar-refractivity contribution in [3.63, 3.8) is 0 Å². The highest BCUT2D eigenvalue weighted by Gasteiger charge is 2.38. The summed E-state index contributed by atoms with van der Waals surface area (Å²) in [6.07, 6.45) is -3.40. The van der Waals surface area contributed by atoms with E-state index >= 15 is 0 Å². The van der Waals surface area contributed by atoms with Crippen molar-refractivity contribution < 1.29 is 36.3 Å². The number of hydrogen-bond acceptors (Lipinski definition) is 5. The van der Waals surface area contributed by atoms with Crippen LogP contribution in [0.3, 0.4) is 0 Å². The molecule has 1 aliphatic rings. The van der Waals surface area contributed by atoms with Crippen LogP contribution < -0.4 is 20.7 Å². The lowest BCUT2D eigenvalue weighted by molar-refractivity contribution is -0.152. The molecule has 0 spiro atoms. The summed E-state index contributed by atoms with van der Waals surface area (Å²) in [5.74, 6) is -1.82. The Morgan fingerprint density at radius 2 is 2.00 bits per heavy atom. The van der Waals surface area contributed by atoms with Crippen molar-refractivity contribution in [3.05, 3.63) is 59.4 Å². The number of aryl methyl sites for hydroxylation is 1. The average molecular weight is 493 g/mol. The van der Waals surface area contributed by atoms with E-state index in [4.69, 9.17) is 4.74 Å². The van der Waals surface area contributed by atoms with Crippen LogP contribution in [0.4, 0.5) is 44.3 Å². The molecule has 3 aromatic rings. The molecule has 35 heavy (non-hydrogen) atoms. The number of benzene rings is 1. The summed E-state index contributed by atoms with van der Waals surface area (Å²) in [6, 6.07) is 4.73. The number of carbonyl (C=O) groups excluding carboxylic acids is 2. The zero-order valence-corrected chi connectivity index (χ0v) is 18.4. The van der Waals surface area contributed by atoms with Crippen LogP contribution in [0.15, 0.2) is 40.9 Å². The number of hydrogen-bond donors (Lipinski definition) is 3. The minimum Gasteiger partial charge on any atom is -0.455 e. The van der Waals surface area contributed by atoms with E-state index < -0.39 is 29.5 Å². The summed E-state index contributed by atoms with van der Waals surface area (Å²) >= 11 is 0. The number of furan rings is 1. The summed E-state index contributed by atoms with van der Waals surface area (Å²) in [5, 5.41) is 6.94. The normalized spacial score (nSPS) is 13.2. The van der Waals surface area contributed by atoms with Gasteiger partial charge in [0.15, 0.2) is 11.6 Å². The highest BCUT2D eigenvalue weighted by molar-refractivity contribution is 6.00. The fourth-order valence-corrected chi connectivity index (χ4v) is 3.41. The van der Waals surface area contributed by atoms with Crippen LogP contribution in [0.1, 0.15) is 24.0 Å². The van der Waals surface area contributed by atoms with Gasteiger partial charge in [-0.05, 0) is 32.0 Å². The van der Waals surface area contributed by atoms with E-state index in [0.29, 0.717) is 17.9 Å². The van der Waals surface area contributed by atoms with Gasteiger partial charge >= 0.3 is 18.2 Å². The molecule has 9 nitrogen and oxygen atoms in total. The first-order valence-corrected chi connectivity index (χ1v) is 10.3. The molecule has 1 aromatic carbocycles. The largest absolute Gasteiger partial charge is 0.455 e. The molecule has 184 valence electrons. The Bertz CT molecular complexity index is 1290. The maximum Gasteiger partial charge on any atom is 0.451 e. The van der Waals surface area contributed by atoms with Gasteiger partial charge in [-0.2, -0.15) is 13.2 Å². The molecule has 0 saturated heterocycles. The number of anilines is 3. The first kappa shape index (κ1) is 23.9. The van der Waals surface area contributed by atoms with Crippen LogP contribution in [0.25, 0.3) is 0 Å². The van der Waals surface area contributed by atoms with Gasteiger partial charge in [0.25, 0.3) is 0 Å². The number of alkyl halides is 3.